The number of rotatable bonds is 13. The first kappa shape index (κ1) is 48.6. The average Bonchev–Trinajstić information content (AvgIpc) is 3.82. The Hall–Kier alpha value is -5.34. The van der Waals surface area contributed by atoms with Gasteiger partial charge in [-0.05, 0) is 61.8 Å². The maximum Gasteiger partial charge on any atom is 0.246 e. The van der Waals surface area contributed by atoms with Crippen molar-refractivity contribution in [2.75, 3.05) is 41.7 Å². The van der Waals surface area contributed by atoms with Crippen LogP contribution in [0.4, 0.5) is 17.3 Å². The first-order valence-electron chi connectivity index (χ1n) is 22.1. The summed E-state index contributed by atoms with van der Waals surface area (Å²) in [5.74, 6) is -1.24. The molecule has 4 aromatic rings. The molecule has 66 heavy (non-hydrogen) atoms. The normalized spacial score (nSPS) is 18.7. The molecule has 0 aliphatic carbocycles. The molecular formula is C46H58ClN11O6S2. The molecule has 0 radical (unpaired) electrons. The lowest BCUT2D eigenvalue weighted by atomic mass is 9.85. The quantitative estimate of drug-likeness (QED) is 0.0859. The number of anilines is 3. The summed E-state index contributed by atoms with van der Waals surface area (Å²) in [5, 5.41) is 26.1. The largest absolute Gasteiger partial charge is 0.391 e. The van der Waals surface area contributed by atoms with Crippen molar-refractivity contribution in [3.63, 3.8) is 0 Å². The number of fused-ring (bicyclic) bond motifs is 2. The van der Waals surface area contributed by atoms with Gasteiger partial charge in [-0.25, -0.2) is 15.0 Å². The molecule has 0 spiro atoms. The Labute approximate surface area is 397 Å². The number of nitrogens with one attached hydrogen (secondary N) is 5. The van der Waals surface area contributed by atoms with E-state index >= 15 is 0 Å². The minimum absolute atomic E-state index is 0.0487. The van der Waals surface area contributed by atoms with Crippen LogP contribution in [0.15, 0.2) is 58.0 Å². The number of hydrogen-bond donors (Lipinski definition) is 7. The molecule has 8 N–H and O–H groups in total. The van der Waals surface area contributed by atoms with Crippen LogP contribution in [-0.2, 0) is 30.5 Å². The molecule has 0 unspecified atom stereocenters. The van der Waals surface area contributed by atoms with Gasteiger partial charge >= 0.3 is 0 Å². The minimum Gasteiger partial charge on any atom is -0.391 e. The van der Waals surface area contributed by atoms with E-state index in [1.807, 2.05) is 44.2 Å². The molecule has 7 rings (SSSR count). The maximum atomic E-state index is 14.1. The summed E-state index contributed by atoms with van der Waals surface area (Å²) in [6.07, 6.45) is 1.87. The van der Waals surface area contributed by atoms with Crippen LogP contribution in [0, 0.1) is 12.3 Å². The first-order valence-corrected chi connectivity index (χ1v) is 24.1. The number of carbonyl (C=O) groups excluding carboxylic acids is 5. The Balaban J connectivity index is 0.885. The second kappa shape index (κ2) is 20.3. The van der Waals surface area contributed by atoms with Gasteiger partial charge in [-0.3, -0.25) is 24.0 Å². The van der Waals surface area contributed by atoms with E-state index in [9.17, 15) is 29.1 Å². The van der Waals surface area contributed by atoms with Crippen LogP contribution in [0.2, 0.25) is 5.02 Å². The highest BCUT2D eigenvalue weighted by atomic mass is 35.5. The van der Waals surface area contributed by atoms with Crippen LogP contribution in [0.25, 0.3) is 10.4 Å². The van der Waals surface area contributed by atoms with Gasteiger partial charge in [0.25, 0.3) is 0 Å². The van der Waals surface area contributed by atoms with E-state index in [0.29, 0.717) is 33.0 Å². The highest BCUT2D eigenvalue weighted by molar-refractivity contribution is 7.99. The number of hydrogen-bond acceptors (Lipinski definition) is 14. The molecule has 5 amide bonds. The molecular weight excluding hydrogens is 902 g/mol. The number of likely N-dealkylation sites (tertiary alicyclic amines) is 1. The predicted molar refractivity (Wildman–Crippen MR) is 256 cm³/mol. The second-order valence-corrected chi connectivity index (χ2v) is 20.8. The monoisotopic (exact) mass is 959 g/mol. The number of benzene rings is 2. The standard InChI is InChI=1S/C46H58ClN11O6S2/c1-25(27-7-9-28(10-8-27)38-26(2)52-24-65-38)53-42(63)32-19-30(59)23-58(32)44(64)40(45(3,4)5)56-34(60)13-16-49-35(61)20-36(62)54-31-12-11-29-21-50-41-43(66-39(29)37(31)47)51-22-33(55-41)57-17-14-46(6,48)15-18-57/h7-12,22,24-25,30,32,40,59H,13-21,23,48H2,1-6H3,(H,49,61)(H,50,55)(H,53,63)(H,54,62)(H,56,60)/t25-,30+,32-,40+/m0/s1. The summed E-state index contributed by atoms with van der Waals surface area (Å²) in [4.78, 5) is 86.0. The molecule has 4 atom stereocenters. The molecule has 352 valence electrons. The lowest BCUT2D eigenvalue weighted by Crippen LogP contribution is -2.58. The molecule has 0 bridgehead atoms. The maximum absolute atomic E-state index is 14.1. The number of piperidine rings is 1. The summed E-state index contributed by atoms with van der Waals surface area (Å²) < 4.78 is 0. The molecule has 3 aliphatic rings. The van der Waals surface area contributed by atoms with Crippen LogP contribution in [0.3, 0.4) is 0 Å². The van der Waals surface area contributed by atoms with Crippen LogP contribution >= 0.6 is 34.7 Å². The molecule has 20 heteroatoms. The summed E-state index contributed by atoms with van der Waals surface area (Å²) in [5.41, 5.74) is 11.2. The number of nitrogens with two attached hydrogens (primary N) is 1. The van der Waals surface area contributed by atoms with Crippen molar-refractivity contribution < 1.29 is 29.1 Å². The average molecular weight is 961 g/mol. The first-order chi connectivity index (χ1) is 31.3. The molecule has 17 nitrogen and oxygen atoms in total. The van der Waals surface area contributed by atoms with Gasteiger partial charge in [0.2, 0.25) is 29.5 Å². The number of aliphatic hydroxyl groups excluding tert-OH is 1. The van der Waals surface area contributed by atoms with Crippen molar-refractivity contribution in [1.82, 2.24) is 35.8 Å². The second-order valence-electron chi connectivity index (χ2n) is 18.6. The van der Waals surface area contributed by atoms with E-state index in [0.717, 1.165) is 59.0 Å². The van der Waals surface area contributed by atoms with Crippen LogP contribution in [-0.4, -0.2) is 104 Å². The van der Waals surface area contributed by atoms with Crippen LogP contribution < -0.4 is 37.2 Å². The fourth-order valence-electron chi connectivity index (χ4n) is 8.14. The number of aryl methyl sites for hydroxylation is 1. The number of amides is 5. The Bertz CT molecular complexity index is 2470. The highest BCUT2D eigenvalue weighted by Crippen LogP contribution is 2.44. The van der Waals surface area contributed by atoms with E-state index < -0.39 is 59.6 Å². The Kier molecular flexibility index (Phi) is 14.9. The van der Waals surface area contributed by atoms with Gasteiger partial charge in [-0.15, -0.1) is 11.3 Å². The van der Waals surface area contributed by atoms with Crippen LogP contribution in [0.1, 0.15) is 89.6 Å². The van der Waals surface area contributed by atoms with Crippen LogP contribution in [0.5, 0.6) is 0 Å². The fraction of sp³-hybridized carbons (Fsp3) is 0.478. The number of β-amino-alcohol motifs (C(OH)–C–C–N with tert-alkyl or cyclic N) is 1. The zero-order valence-electron chi connectivity index (χ0n) is 38.0. The van der Waals surface area contributed by atoms with Gasteiger partial charge in [0.05, 0.1) is 45.1 Å². The third-order valence-corrected chi connectivity index (χ3v) is 14.8. The van der Waals surface area contributed by atoms with Crippen molar-refractivity contribution in [2.24, 2.45) is 11.1 Å². The van der Waals surface area contributed by atoms with E-state index in [1.165, 1.54) is 16.7 Å². The number of halogens is 1. The highest BCUT2D eigenvalue weighted by Gasteiger charge is 2.45. The SMILES string of the molecule is Cc1ncsc1-c1ccc([C@H](C)NC(=O)[C@@H]2C[C@@H](O)CN2C(=O)[C@@H](NC(=O)CCNC(=O)CC(=O)Nc2ccc3c(c2Cl)Sc2ncc(N4CCC(C)(N)CC4)nc2NC3)C(C)(C)C)cc1. The lowest BCUT2D eigenvalue weighted by Gasteiger charge is -2.37. The number of aromatic nitrogens is 3. The smallest absolute Gasteiger partial charge is 0.246 e. The van der Waals surface area contributed by atoms with Crippen molar-refractivity contribution >= 4 is 81.6 Å². The minimum atomic E-state index is -1.05. The van der Waals surface area contributed by atoms with Gasteiger partial charge in [0.1, 0.15) is 29.3 Å². The molecule has 5 heterocycles. The van der Waals surface area contributed by atoms with E-state index in [4.69, 9.17) is 22.3 Å². The van der Waals surface area contributed by atoms with Gasteiger partial charge in [0.15, 0.2) is 5.82 Å². The van der Waals surface area contributed by atoms with Gasteiger partial charge < -0.3 is 47.2 Å². The Morgan fingerprint density at radius 3 is 2.44 bits per heavy atom. The van der Waals surface area contributed by atoms with Crippen molar-refractivity contribution in [2.45, 2.75) is 120 Å². The summed E-state index contributed by atoms with van der Waals surface area (Å²) in [7, 11) is 0. The van der Waals surface area contributed by atoms with Gasteiger partial charge in [-0.2, -0.15) is 0 Å². The Morgan fingerprint density at radius 2 is 1.76 bits per heavy atom. The van der Waals surface area contributed by atoms with Gasteiger partial charge in [0, 0.05) is 56.0 Å². The fourth-order valence-corrected chi connectivity index (χ4v) is 10.3. The zero-order chi connectivity index (χ0) is 47.5. The van der Waals surface area contributed by atoms with Crippen molar-refractivity contribution in [3.05, 3.63) is 69.9 Å². The molecule has 0 saturated carbocycles. The number of nitrogens with zero attached hydrogens (tertiary/aromatic N) is 5. The number of aliphatic hydroxyl groups is 1. The predicted octanol–water partition coefficient (Wildman–Crippen LogP) is 5.16. The van der Waals surface area contributed by atoms with Gasteiger partial charge in [-0.1, -0.05) is 74.5 Å². The third-order valence-electron chi connectivity index (χ3n) is 12.1. The molecule has 3 aliphatic heterocycles. The summed E-state index contributed by atoms with van der Waals surface area (Å²) in [6, 6.07) is 8.99. The number of thiazole rings is 1. The van der Waals surface area contributed by atoms with Crippen molar-refractivity contribution in [3.8, 4) is 10.4 Å². The zero-order valence-corrected chi connectivity index (χ0v) is 40.4. The van der Waals surface area contributed by atoms with Crippen molar-refractivity contribution in [1.29, 1.82) is 0 Å². The summed E-state index contributed by atoms with van der Waals surface area (Å²) >= 11 is 9.74. The van der Waals surface area contributed by atoms with E-state index in [-0.39, 0.29) is 37.5 Å². The third kappa shape index (κ3) is 11.6. The molecule has 2 fully saturated rings. The Morgan fingerprint density at radius 1 is 1.03 bits per heavy atom. The summed E-state index contributed by atoms with van der Waals surface area (Å²) in [6.45, 7) is 13.1. The molecule has 2 aromatic heterocycles. The van der Waals surface area contributed by atoms with E-state index in [1.54, 1.807) is 49.9 Å². The van der Waals surface area contributed by atoms with E-state index in [2.05, 4.69) is 48.4 Å². The molecule has 2 aromatic carbocycles. The lowest BCUT2D eigenvalue weighted by molar-refractivity contribution is -0.144. The number of carbonyl (C=O) groups is 5. The topological polar surface area (TPSA) is 237 Å². The molecule has 2 saturated heterocycles.